The molecule has 7 heteroatoms. The number of anilines is 1. The van der Waals surface area contributed by atoms with E-state index in [2.05, 4.69) is 10.6 Å². The van der Waals surface area contributed by atoms with Crippen LogP contribution < -0.4 is 15.8 Å². The predicted octanol–water partition coefficient (Wildman–Crippen LogP) is 1.87. The summed E-state index contributed by atoms with van der Waals surface area (Å²) in [7, 11) is -3.81. The number of nitrogens with two attached hydrogens (primary N) is 1. The van der Waals surface area contributed by atoms with Crippen molar-refractivity contribution >= 4 is 21.7 Å². The molecular formula is C13H21N3O3S. The molecule has 0 aliphatic heterocycles. The summed E-state index contributed by atoms with van der Waals surface area (Å²) in [6.45, 7) is 9.12. The molecule has 0 unspecified atom stereocenters. The van der Waals surface area contributed by atoms with Gasteiger partial charge >= 0.3 is 6.03 Å². The van der Waals surface area contributed by atoms with Crippen molar-refractivity contribution in [3.63, 3.8) is 0 Å². The third-order valence-electron chi connectivity index (χ3n) is 2.71. The zero-order valence-electron chi connectivity index (χ0n) is 12.4. The average Bonchev–Trinajstić information content (AvgIpc) is 2.20. The van der Waals surface area contributed by atoms with E-state index in [4.69, 9.17) is 5.14 Å². The maximum atomic E-state index is 11.8. The van der Waals surface area contributed by atoms with Crippen LogP contribution in [0, 0.1) is 13.8 Å². The van der Waals surface area contributed by atoms with E-state index < -0.39 is 16.1 Å². The minimum absolute atomic E-state index is 0.0216. The molecule has 0 aliphatic rings. The number of sulfonamides is 1. The fraction of sp³-hybridized carbons (Fsp3) is 0.462. The first-order chi connectivity index (χ1) is 8.90. The molecule has 4 N–H and O–H groups in total. The minimum atomic E-state index is -3.81. The zero-order chi connectivity index (χ0) is 15.7. The van der Waals surface area contributed by atoms with Crippen molar-refractivity contribution in [3.8, 4) is 0 Å². The second-order valence-corrected chi connectivity index (χ2v) is 7.35. The van der Waals surface area contributed by atoms with Crippen LogP contribution in [0.5, 0.6) is 0 Å². The number of amides is 2. The van der Waals surface area contributed by atoms with Gasteiger partial charge < -0.3 is 10.6 Å². The Morgan fingerprint density at radius 2 is 1.75 bits per heavy atom. The Balaban J connectivity index is 3.13. The molecule has 1 aromatic rings. The lowest BCUT2D eigenvalue weighted by Crippen LogP contribution is -2.43. The van der Waals surface area contributed by atoms with Crippen LogP contribution in [0.25, 0.3) is 0 Å². The summed E-state index contributed by atoms with van der Waals surface area (Å²) in [4.78, 5) is 11.8. The largest absolute Gasteiger partial charge is 0.333 e. The number of carbonyl (C=O) groups excluding carboxylic acids is 1. The smallest absolute Gasteiger partial charge is 0.319 e. The number of aryl methyl sites for hydroxylation is 1. The van der Waals surface area contributed by atoms with Crippen molar-refractivity contribution in [2.24, 2.45) is 5.14 Å². The molecule has 0 aromatic heterocycles. The van der Waals surface area contributed by atoms with Gasteiger partial charge in [-0.15, -0.1) is 0 Å². The van der Waals surface area contributed by atoms with Crippen LogP contribution in [0.15, 0.2) is 17.0 Å². The quantitative estimate of drug-likeness (QED) is 0.777. The van der Waals surface area contributed by atoms with Crippen LogP contribution in [0.2, 0.25) is 0 Å². The van der Waals surface area contributed by atoms with Gasteiger partial charge in [-0.05, 0) is 57.9 Å². The number of rotatable bonds is 2. The first kappa shape index (κ1) is 16.5. The molecule has 6 nitrogen and oxygen atoms in total. The fourth-order valence-corrected chi connectivity index (χ4v) is 2.24. The maximum absolute atomic E-state index is 11.8. The molecule has 0 fully saturated rings. The van der Waals surface area contributed by atoms with E-state index >= 15 is 0 Å². The van der Waals surface area contributed by atoms with Gasteiger partial charge in [-0.3, -0.25) is 0 Å². The Bertz CT molecular complexity index is 631. The second kappa shape index (κ2) is 5.41. The van der Waals surface area contributed by atoms with E-state index in [-0.39, 0.29) is 10.4 Å². The first-order valence-corrected chi connectivity index (χ1v) is 7.68. The lowest BCUT2D eigenvalue weighted by molar-refractivity contribution is 0.244. The van der Waals surface area contributed by atoms with Crippen LogP contribution in [0.3, 0.4) is 0 Å². The molecule has 1 rings (SSSR count). The third-order valence-corrected chi connectivity index (χ3v) is 3.60. The highest BCUT2D eigenvalue weighted by molar-refractivity contribution is 7.89. The van der Waals surface area contributed by atoms with Crippen molar-refractivity contribution in [3.05, 3.63) is 23.3 Å². The number of nitrogens with one attached hydrogen (secondary N) is 2. The van der Waals surface area contributed by atoms with E-state index in [0.29, 0.717) is 5.69 Å². The van der Waals surface area contributed by atoms with Gasteiger partial charge in [0.05, 0.1) is 4.90 Å². The molecule has 0 aliphatic carbocycles. The number of benzene rings is 1. The Morgan fingerprint density at radius 3 is 2.20 bits per heavy atom. The number of primary sulfonamides is 1. The van der Waals surface area contributed by atoms with Gasteiger partial charge in [-0.25, -0.2) is 18.4 Å². The van der Waals surface area contributed by atoms with Gasteiger partial charge in [-0.1, -0.05) is 0 Å². The van der Waals surface area contributed by atoms with Crippen LogP contribution in [0.1, 0.15) is 31.9 Å². The molecule has 2 amide bonds. The van der Waals surface area contributed by atoms with Crippen molar-refractivity contribution in [1.29, 1.82) is 0 Å². The van der Waals surface area contributed by atoms with Crippen LogP contribution in [0.4, 0.5) is 10.5 Å². The van der Waals surface area contributed by atoms with Gasteiger partial charge in [0.25, 0.3) is 0 Å². The van der Waals surface area contributed by atoms with Crippen molar-refractivity contribution < 1.29 is 13.2 Å². The summed E-state index contributed by atoms with van der Waals surface area (Å²) in [5, 5.41) is 10.5. The summed E-state index contributed by atoms with van der Waals surface area (Å²) in [5.41, 5.74) is 1.57. The molecule has 20 heavy (non-hydrogen) atoms. The normalized spacial score (nSPS) is 12.1. The van der Waals surface area contributed by atoms with Gasteiger partial charge in [0.15, 0.2) is 0 Å². The summed E-state index contributed by atoms with van der Waals surface area (Å²) in [6.07, 6.45) is 0. The zero-order valence-corrected chi connectivity index (χ0v) is 13.2. The molecule has 0 heterocycles. The van der Waals surface area contributed by atoms with Gasteiger partial charge in [0.2, 0.25) is 10.0 Å². The van der Waals surface area contributed by atoms with E-state index in [0.717, 1.165) is 11.1 Å². The topological polar surface area (TPSA) is 101 Å². The Morgan fingerprint density at radius 1 is 1.20 bits per heavy atom. The molecule has 0 saturated carbocycles. The predicted molar refractivity (Wildman–Crippen MR) is 79.2 cm³/mol. The number of urea groups is 1. The lowest BCUT2D eigenvalue weighted by atomic mass is 10.1. The van der Waals surface area contributed by atoms with Crippen molar-refractivity contribution in [2.45, 2.75) is 45.1 Å². The molecule has 0 radical (unpaired) electrons. The van der Waals surface area contributed by atoms with E-state index in [9.17, 15) is 13.2 Å². The fourth-order valence-electron chi connectivity index (χ4n) is 1.61. The molecule has 0 atom stereocenters. The minimum Gasteiger partial charge on any atom is -0.333 e. The molecule has 112 valence electrons. The number of hydrogen-bond acceptors (Lipinski definition) is 3. The standard InChI is InChI=1S/C13H21N3O3S/c1-8-6-10(20(14,18)19)7-11(9(8)2)15-12(17)16-13(3,4)5/h6-7H,1-5H3,(H2,14,18,19)(H2,15,16,17). The summed E-state index contributed by atoms with van der Waals surface area (Å²) in [5.74, 6) is 0. The van der Waals surface area contributed by atoms with Gasteiger partial charge in [0.1, 0.15) is 0 Å². The van der Waals surface area contributed by atoms with Gasteiger partial charge in [-0.2, -0.15) is 0 Å². The maximum Gasteiger partial charge on any atom is 0.319 e. The van der Waals surface area contributed by atoms with Crippen molar-refractivity contribution in [2.75, 3.05) is 5.32 Å². The van der Waals surface area contributed by atoms with Crippen molar-refractivity contribution in [1.82, 2.24) is 5.32 Å². The number of carbonyl (C=O) groups is 1. The SMILES string of the molecule is Cc1cc(S(N)(=O)=O)cc(NC(=O)NC(C)(C)C)c1C. The monoisotopic (exact) mass is 299 g/mol. The molecule has 0 spiro atoms. The molecule has 0 bridgehead atoms. The van der Waals surface area contributed by atoms with Gasteiger partial charge in [0, 0.05) is 11.2 Å². The molecule has 1 aromatic carbocycles. The summed E-state index contributed by atoms with van der Waals surface area (Å²) in [6, 6.07) is 2.45. The van der Waals surface area contributed by atoms with Crippen LogP contribution >= 0.6 is 0 Å². The number of hydrogen-bond donors (Lipinski definition) is 3. The summed E-state index contributed by atoms with van der Waals surface area (Å²) >= 11 is 0. The third kappa shape index (κ3) is 4.50. The highest BCUT2D eigenvalue weighted by Gasteiger charge is 2.17. The van der Waals surface area contributed by atoms with Crippen LogP contribution in [-0.4, -0.2) is 20.0 Å². The average molecular weight is 299 g/mol. The Labute approximate surface area is 119 Å². The van der Waals surface area contributed by atoms with E-state index in [1.165, 1.54) is 12.1 Å². The van der Waals surface area contributed by atoms with E-state index in [1.807, 2.05) is 20.8 Å². The summed E-state index contributed by atoms with van der Waals surface area (Å²) < 4.78 is 22.8. The Hall–Kier alpha value is -1.60. The second-order valence-electron chi connectivity index (χ2n) is 5.79. The molecule has 0 saturated heterocycles. The lowest BCUT2D eigenvalue weighted by Gasteiger charge is -2.21. The highest BCUT2D eigenvalue weighted by Crippen LogP contribution is 2.23. The van der Waals surface area contributed by atoms with Crippen LogP contribution in [-0.2, 0) is 10.0 Å². The Kier molecular flexibility index (Phi) is 4.45. The first-order valence-electron chi connectivity index (χ1n) is 6.13. The van der Waals surface area contributed by atoms with E-state index in [1.54, 1.807) is 13.8 Å². The highest BCUT2D eigenvalue weighted by atomic mass is 32.2. The molecular weight excluding hydrogens is 278 g/mol.